The van der Waals surface area contributed by atoms with Crippen molar-refractivity contribution >= 4 is 21.4 Å². The van der Waals surface area contributed by atoms with E-state index in [1.165, 1.54) is 18.2 Å². The first kappa shape index (κ1) is 24.4. The van der Waals surface area contributed by atoms with Gasteiger partial charge in [0, 0.05) is 23.6 Å². The molecule has 1 unspecified atom stereocenters. The van der Waals surface area contributed by atoms with Gasteiger partial charge in [-0.1, -0.05) is 31.0 Å². The van der Waals surface area contributed by atoms with Crippen molar-refractivity contribution in [1.29, 1.82) is 0 Å². The summed E-state index contributed by atoms with van der Waals surface area (Å²) in [7, 11) is -3.92. The molecule has 2 aliphatic rings. The van der Waals surface area contributed by atoms with Gasteiger partial charge in [0.05, 0.1) is 16.1 Å². The van der Waals surface area contributed by atoms with Crippen LogP contribution in [0.25, 0.3) is 0 Å². The molecule has 1 heterocycles. The van der Waals surface area contributed by atoms with Crippen molar-refractivity contribution < 1.29 is 23.1 Å². The van der Waals surface area contributed by atoms with E-state index < -0.39 is 15.6 Å². The second kappa shape index (κ2) is 9.99. The Hall–Kier alpha value is -3.30. The average molecular weight is 511 g/mol. The van der Waals surface area contributed by atoms with Crippen molar-refractivity contribution in [3.63, 3.8) is 0 Å². The van der Waals surface area contributed by atoms with Crippen LogP contribution in [-0.4, -0.2) is 18.7 Å². The third kappa shape index (κ3) is 4.99. The molecule has 8 nitrogen and oxygen atoms in total. The summed E-state index contributed by atoms with van der Waals surface area (Å²) >= 11 is 0. The lowest BCUT2D eigenvalue weighted by Gasteiger charge is -2.22. The number of aryl methyl sites for hydroxylation is 1. The number of fused-ring (bicyclic) bond motifs is 1. The predicted octanol–water partition coefficient (Wildman–Crippen LogP) is 5.15. The lowest BCUT2D eigenvalue weighted by Crippen LogP contribution is -2.19. The molecule has 0 radical (unpaired) electrons. The molecule has 1 fully saturated rings. The molecule has 4 N–H and O–H groups in total. The number of aromatic hydroxyl groups is 1. The maximum atomic E-state index is 13.2. The number of hydrogen-bond acceptors (Lipinski definition) is 7. The number of nitrogens with one attached hydrogen (secondary N) is 2. The molecule has 0 spiro atoms. The molecule has 9 heteroatoms. The van der Waals surface area contributed by atoms with E-state index in [-0.39, 0.29) is 33.7 Å². The Morgan fingerprint density at radius 3 is 2.42 bits per heavy atom. The Morgan fingerprint density at radius 2 is 1.67 bits per heavy atom. The zero-order valence-corrected chi connectivity index (χ0v) is 20.7. The van der Waals surface area contributed by atoms with E-state index in [0.717, 1.165) is 49.7 Å². The Bertz CT molecular complexity index is 1430. The maximum Gasteiger partial charge on any atom is 0.343 e. The van der Waals surface area contributed by atoms with Crippen molar-refractivity contribution in [3.05, 3.63) is 81.4 Å². The van der Waals surface area contributed by atoms with Gasteiger partial charge >= 0.3 is 5.63 Å². The zero-order chi connectivity index (χ0) is 25.3. The molecular formula is C27H30N2O6S. The number of sulfonamides is 1. The monoisotopic (exact) mass is 510 g/mol. The smallest absolute Gasteiger partial charge is 0.343 e. The van der Waals surface area contributed by atoms with Gasteiger partial charge in [-0.15, -0.1) is 0 Å². The number of hydrogen-bond donors (Lipinski definition) is 4. The first-order valence-electron chi connectivity index (χ1n) is 12.4. The van der Waals surface area contributed by atoms with Crippen LogP contribution in [0.1, 0.15) is 66.9 Å². The van der Waals surface area contributed by atoms with Crippen LogP contribution in [0.3, 0.4) is 0 Å². The Balaban J connectivity index is 1.51. The number of rotatable bonds is 7. The molecule has 36 heavy (non-hydrogen) atoms. The highest BCUT2D eigenvalue weighted by Gasteiger charge is 2.38. The minimum atomic E-state index is -3.92. The van der Waals surface area contributed by atoms with Crippen LogP contribution in [0.5, 0.6) is 5.75 Å². The van der Waals surface area contributed by atoms with Crippen LogP contribution in [0, 0.1) is 5.92 Å². The molecular weight excluding hydrogens is 480 g/mol. The molecule has 0 aliphatic heterocycles. The van der Waals surface area contributed by atoms with Gasteiger partial charge in [-0.3, -0.25) is 15.4 Å². The highest BCUT2D eigenvalue weighted by Crippen LogP contribution is 2.49. The third-order valence-electron chi connectivity index (χ3n) is 7.07. The molecule has 1 saturated carbocycles. The zero-order valence-electron chi connectivity index (χ0n) is 19.9. The fraction of sp³-hybridized carbons (Fsp3) is 0.370. The van der Waals surface area contributed by atoms with Crippen LogP contribution >= 0.6 is 0 Å². The van der Waals surface area contributed by atoms with Gasteiger partial charge in [0.2, 0.25) is 0 Å². The SMILES string of the molecule is O=c1oc2c(c(O)c1C(c1cccc(NS(=O)(=O)c3cccc(NO)c3)c1)C1CC1)CCCCCC2. The van der Waals surface area contributed by atoms with E-state index in [1.54, 1.807) is 24.3 Å². The van der Waals surface area contributed by atoms with Gasteiger partial charge in [-0.2, -0.15) is 0 Å². The number of anilines is 2. The minimum Gasteiger partial charge on any atom is -0.507 e. The van der Waals surface area contributed by atoms with Crippen molar-refractivity contribution in [3.8, 4) is 5.75 Å². The summed E-state index contributed by atoms with van der Waals surface area (Å²) in [5.74, 6) is 0.420. The highest BCUT2D eigenvalue weighted by molar-refractivity contribution is 7.92. The Labute approximate surface area is 210 Å². The van der Waals surface area contributed by atoms with E-state index in [0.29, 0.717) is 24.3 Å². The fourth-order valence-corrected chi connectivity index (χ4v) is 6.24. The van der Waals surface area contributed by atoms with Gasteiger partial charge in [0.15, 0.2) is 0 Å². The first-order valence-corrected chi connectivity index (χ1v) is 13.9. The van der Waals surface area contributed by atoms with Crippen molar-refractivity contribution in [1.82, 2.24) is 0 Å². The van der Waals surface area contributed by atoms with E-state index in [1.807, 2.05) is 11.5 Å². The summed E-state index contributed by atoms with van der Waals surface area (Å²) in [4.78, 5) is 13.1. The summed E-state index contributed by atoms with van der Waals surface area (Å²) < 4.78 is 34.3. The van der Waals surface area contributed by atoms with Crippen molar-refractivity contribution in [2.24, 2.45) is 5.92 Å². The first-order chi connectivity index (χ1) is 17.4. The van der Waals surface area contributed by atoms with E-state index >= 15 is 0 Å². The summed E-state index contributed by atoms with van der Waals surface area (Å²) in [5.41, 5.74) is 3.80. The van der Waals surface area contributed by atoms with Gasteiger partial charge < -0.3 is 9.52 Å². The van der Waals surface area contributed by atoms with Gasteiger partial charge in [-0.05, 0) is 73.9 Å². The van der Waals surface area contributed by atoms with Crippen LogP contribution in [0.4, 0.5) is 11.4 Å². The highest BCUT2D eigenvalue weighted by atomic mass is 32.2. The van der Waals surface area contributed by atoms with Crippen molar-refractivity contribution in [2.75, 3.05) is 10.2 Å². The second-order valence-corrected chi connectivity index (χ2v) is 11.3. The van der Waals surface area contributed by atoms with Gasteiger partial charge in [0.1, 0.15) is 11.5 Å². The van der Waals surface area contributed by atoms with E-state index in [2.05, 4.69) is 4.72 Å². The third-order valence-corrected chi connectivity index (χ3v) is 8.45. The summed E-state index contributed by atoms with van der Waals surface area (Å²) in [6, 6.07) is 12.8. The quantitative estimate of drug-likeness (QED) is 0.324. The van der Waals surface area contributed by atoms with Gasteiger partial charge in [0.25, 0.3) is 10.0 Å². The molecule has 2 aliphatic carbocycles. The van der Waals surface area contributed by atoms with E-state index in [4.69, 9.17) is 9.62 Å². The lowest BCUT2D eigenvalue weighted by molar-refractivity contribution is 0.382. The fourth-order valence-electron chi connectivity index (χ4n) is 5.14. The standard InChI is InChI=1S/C27H30N2O6S/c30-26-22-11-3-1-2-4-12-23(22)35-27(31)25(26)24(17-13-14-17)18-7-5-9-20(15-18)29-36(33,34)21-10-6-8-19(16-21)28-32/h5-10,15-17,24,28-30,32H,1-4,11-14H2. The molecule has 0 bridgehead atoms. The Kier molecular flexibility index (Phi) is 6.77. The topological polar surface area (TPSA) is 129 Å². The molecule has 0 saturated heterocycles. The second-order valence-electron chi connectivity index (χ2n) is 9.65. The van der Waals surface area contributed by atoms with Gasteiger partial charge in [-0.25, -0.2) is 13.2 Å². The molecule has 0 amide bonds. The molecule has 3 aromatic rings. The normalized spacial score (nSPS) is 16.9. The molecule has 190 valence electrons. The largest absolute Gasteiger partial charge is 0.507 e. The average Bonchev–Trinajstić information content (AvgIpc) is 3.68. The van der Waals surface area contributed by atoms with Crippen LogP contribution in [-0.2, 0) is 22.9 Å². The molecule has 1 atom stereocenters. The molecule has 5 rings (SSSR count). The van der Waals surface area contributed by atoms with Crippen LogP contribution < -0.4 is 15.8 Å². The summed E-state index contributed by atoms with van der Waals surface area (Å²) in [6.45, 7) is 0. The molecule has 2 aromatic carbocycles. The molecule has 1 aromatic heterocycles. The maximum absolute atomic E-state index is 13.2. The van der Waals surface area contributed by atoms with E-state index in [9.17, 15) is 18.3 Å². The minimum absolute atomic E-state index is 0.00865. The lowest BCUT2D eigenvalue weighted by atomic mass is 9.85. The van der Waals surface area contributed by atoms with Crippen LogP contribution in [0.15, 0.2) is 62.6 Å². The Morgan fingerprint density at radius 1 is 0.944 bits per heavy atom. The van der Waals surface area contributed by atoms with Crippen LogP contribution in [0.2, 0.25) is 0 Å². The summed E-state index contributed by atoms with van der Waals surface area (Å²) in [6.07, 6.45) is 7.19. The predicted molar refractivity (Wildman–Crippen MR) is 136 cm³/mol. The summed E-state index contributed by atoms with van der Waals surface area (Å²) in [5, 5.41) is 20.4. The van der Waals surface area contributed by atoms with Crippen molar-refractivity contribution in [2.45, 2.75) is 62.2 Å². The number of benzene rings is 2.